The van der Waals surface area contributed by atoms with Crippen LogP contribution in [0.2, 0.25) is 5.02 Å². The third kappa shape index (κ3) is 3.58. The van der Waals surface area contributed by atoms with Gasteiger partial charge in [-0.25, -0.2) is 9.50 Å². The molecule has 1 aliphatic heterocycles. The van der Waals surface area contributed by atoms with Crippen LogP contribution < -0.4 is 4.90 Å². The smallest absolute Gasteiger partial charge is 0.253 e. The lowest BCUT2D eigenvalue weighted by Crippen LogP contribution is -2.30. The van der Waals surface area contributed by atoms with Crippen LogP contribution in [0.5, 0.6) is 0 Å². The highest BCUT2D eigenvalue weighted by atomic mass is 35.5. The highest BCUT2D eigenvalue weighted by Crippen LogP contribution is 2.49. The summed E-state index contributed by atoms with van der Waals surface area (Å²) >= 11 is 9.20. The Balaban J connectivity index is 1.46. The number of benzene rings is 2. The number of para-hydroxylation sites is 1. The van der Waals surface area contributed by atoms with Crippen LogP contribution in [0.15, 0.2) is 57.4 Å². The Morgan fingerprint density at radius 3 is 2.68 bits per heavy atom. The van der Waals surface area contributed by atoms with Gasteiger partial charge in [-0.05, 0) is 56.7 Å². The van der Waals surface area contributed by atoms with Gasteiger partial charge in [0.1, 0.15) is 0 Å². The molecule has 2 aromatic heterocycles. The number of aryl methyl sites for hydroxylation is 2. The molecule has 0 unspecified atom stereocenters. The second-order valence-corrected chi connectivity index (χ2v) is 9.68. The van der Waals surface area contributed by atoms with Crippen molar-refractivity contribution >= 4 is 58.2 Å². The molecule has 156 valence electrons. The fourth-order valence-electron chi connectivity index (χ4n) is 3.49. The highest BCUT2D eigenvalue weighted by Gasteiger charge is 2.28. The minimum atomic E-state index is -0.0582. The molecule has 5 rings (SSSR count). The van der Waals surface area contributed by atoms with E-state index in [0.29, 0.717) is 16.0 Å². The summed E-state index contributed by atoms with van der Waals surface area (Å²) in [5.41, 5.74) is 4.67. The Morgan fingerprint density at radius 2 is 1.84 bits per heavy atom. The maximum atomic E-state index is 13.4. The maximum absolute atomic E-state index is 13.4. The van der Waals surface area contributed by atoms with Crippen molar-refractivity contribution in [1.82, 2.24) is 19.6 Å². The molecule has 0 saturated heterocycles. The number of thioether (sulfide) groups is 1. The first kappa shape index (κ1) is 20.4. The van der Waals surface area contributed by atoms with Gasteiger partial charge in [0.15, 0.2) is 0 Å². The van der Waals surface area contributed by atoms with Gasteiger partial charge in [-0.1, -0.05) is 47.3 Å². The molecular weight excluding hydrogens is 450 g/mol. The minimum Gasteiger partial charge on any atom is -0.278 e. The van der Waals surface area contributed by atoms with Crippen molar-refractivity contribution in [2.24, 2.45) is 0 Å². The quantitative estimate of drug-likeness (QED) is 0.364. The summed E-state index contributed by atoms with van der Waals surface area (Å²) in [5, 5.41) is 5.67. The molecule has 0 N–H and O–H groups in total. The topological polar surface area (TPSA) is 63.4 Å². The van der Waals surface area contributed by atoms with Crippen molar-refractivity contribution in [2.45, 2.75) is 35.7 Å². The van der Waals surface area contributed by atoms with Crippen molar-refractivity contribution in [1.29, 1.82) is 0 Å². The van der Waals surface area contributed by atoms with Gasteiger partial charge in [-0.3, -0.25) is 9.69 Å². The van der Waals surface area contributed by atoms with E-state index in [1.54, 1.807) is 21.2 Å². The molecule has 0 atom stereocenters. The summed E-state index contributed by atoms with van der Waals surface area (Å²) in [6, 6.07) is 13.5. The number of aromatic nitrogens is 4. The van der Waals surface area contributed by atoms with E-state index in [0.717, 1.165) is 38.1 Å². The Labute approximate surface area is 193 Å². The first-order chi connectivity index (χ1) is 14.9. The molecule has 2 aromatic carbocycles. The zero-order valence-electron chi connectivity index (χ0n) is 17.1. The minimum absolute atomic E-state index is 0.0582. The Hall–Kier alpha value is -2.55. The highest BCUT2D eigenvalue weighted by molar-refractivity contribution is 8.00. The summed E-state index contributed by atoms with van der Waals surface area (Å²) in [6.45, 7) is 5.97. The van der Waals surface area contributed by atoms with Crippen LogP contribution in [0.4, 0.5) is 11.4 Å². The number of halogens is 1. The number of nitrogens with zero attached hydrogens (tertiary/aromatic N) is 5. The van der Waals surface area contributed by atoms with Gasteiger partial charge in [-0.15, -0.1) is 5.10 Å². The van der Waals surface area contributed by atoms with Gasteiger partial charge >= 0.3 is 0 Å². The predicted molar refractivity (Wildman–Crippen MR) is 125 cm³/mol. The summed E-state index contributed by atoms with van der Waals surface area (Å²) in [6.07, 6.45) is 0. The molecule has 0 bridgehead atoms. The van der Waals surface area contributed by atoms with Crippen LogP contribution in [-0.2, 0) is 4.79 Å². The monoisotopic (exact) mass is 467 g/mol. The molecule has 4 aromatic rings. The number of amides is 1. The normalized spacial score (nSPS) is 12.7. The van der Waals surface area contributed by atoms with E-state index in [-0.39, 0.29) is 11.7 Å². The van der Waals surface area contributed by atoms with Crippen LogP contribution in [-0.4, -0.2) is 31.2 Å². The van der Waals surface area contributed by atoms with Crippen LogP contribution in [0, 0.1) is 20.8 Å². The van der Waals surface area contributed by atoms with E-state index in [9.17, 15) is 4.79 Å². The van der Waals surface area contributed by atoms with Crippen molar-refractivity contribution < 1.29 is 4.79 Å². The number of fused-ring (bicyclic) bond motifs is 3. The Bertz CT molecular complexity index is 1350. The van der Waals surface area contributed by atoms with Crippen LogP contribution in [0.1, 0.15) is 17.0 Å². The summed E-state index contributed by atoms with van der Waals surface area (Å²) < 4.78 is 1.73. The molecule has 0 spiro atoms. The van der Waals surface area contributed by atoms with Crippen molar-refractivity contribution in [2.75, 3.05) is 10.7 Å². The first-order valence-corrected chi connectivity index (χ1v) is 11.8. The molecule has 9 heteroatoms. The molecule has 0 aliphatic carbocycles. The van der Waals surface area contributed by atoms with Crippen molar-refractivity contribution in [3.8, 4) is 0 Å². The molecule has 0 fully saturated rings. The molecule has 1 aliphatic rings. The second kappa shape index (κ2) is 7.85. The SMILES string of the molecule is Cc1nc2nc(SCC(=O)N3c4ccccc4Sc4ccc(Cl)cc43)nn2c(C)c1C. The molecule has 0 saturated carbocycles. The molecule has 3 heterocycles. The van der Waals surface area contributed by atoms with Gasteiger partial charge in [0.05, 0.1) is 17.1 Å². The summed E-state index contributed by atoms with van der Waals surface area (Å²) in [5.74, 6) is 0.684. The number of rotatable bonds is 3. The fourth-order valence-corrected chi connectivity index (χ4v) is 5.36. The van der Waals surface area contributed by atoms with Crippen LogP contribution in [0.25, 0.3) is 5.78 Å². The fraction of sp³-hybridized carbons (Fsp3) is 0.182. The van der Waals surface area contributed by atoms with E-state index < -0.39 is 0 Å². The third-order valence-electron chi connectivity index (χ3n) is 5.30. The van der Waals surface area contributed by atoms with Gasteiger partial charge in [-0.2, -0.15) is 4.98 Å². The average Bonchev–Trinajstić information content (AvgIpc) is 3.17. The zero-order valence-corrected chi connectivity index (χ0v) is 19.5. The first-order valence-electron chi connectivity index (χ1n) is 9.65. The average molecular weight is 468 g/mol. The largest absolute Gasteiger partial charge is 0.278 e. The summed E-state index contributed by atoms with van der Waals surface area (Å²) in [4.78, 5) is 26.2. The lowest BCUT2D eigenvalue weighted by molar-refractivity contribution is -0.115. The van der Waals surface area contributed by atoms with E-state index in [2.05, 4.69) is 15.1 Å². The predicted octanol–water partition coefficient (Wildman–Crippen LogP) is 5.62. The molecule has 1 amide bonds. The van der Waals surface area contributed by atoms with Crippen LogP contribution >= 0.6 is 35.1 Å². The Morgan fingerprint density at radius 1 is 1.06 bits per heavy atom. The van der Waals surface area contributed by atoms with E-state index in [1.807, 2.05) is 63.2 Å². The van der Waals surface area contributed by atoms with Crippen molar-refractivity contribution in [3.63, 3.8) is 0 Å². The van der Waals surface area contributed by atoms with Gasteiger partial charge in [0, 0.05) is 26.2 Å². The maximum Gasteiger partial charge on any atom is 0.253 e. The second-order valence-electron chi connectivity index (χ2n) is 7.21. The van der Waals surface area contributed by atoms with Gasteiger partial charge in [0.25, 0.3) is 5.78 Å². The number of carbonyl (C=O) groups excluding carboxylic acids is 1. The summed E-state index contributed by atoms with van der Waals surface area (Å²) in [7, 11) is 0. The number of carbonyl (C=O) groups is 1. The lowest BCUT2D eigenvalue weighted by atomic mass is 10.2. The lowest BCUT2D eigenvalue weighted by Gasteiger charge is -2.31. The molecular formula is C22H18ClN5OS2. The van der Waals surface area contributed by atoms with E-state index in [1.165, 1.54) is 11.8 Å². The number of hydrogen-bond donors (Lipinski definition) is 0. The van der Waals surface area contributed by atoms with Crippen LogP contribution in [0.3, 0.4) is 0 Å². The standard InChI is InChI=1S/C22H18ClN5OS2/c1-12-13(2)24-21-25-22(26-28(21)14(12)3)30-11-20(29)27-16-6-4-5-7-18(16)31-19-9-8-15(23)10-17(19)27/h4-10H,11H2,1-3H3. The van der Waals surface area contributed by atoms with E-state index in [4.69, 9.17) is 11.6 Å². The number of anilines is 2. The number of hydrogen-bond acceptors (Lipinski definition) is 6. The zero-order chi connectivity index (χ0) is 21.7. The van der Waals surface area contributed by atoms with Gasteiger partial charge in [0.2, 0.25) is 11.1 Å². The molecule has 31 heavy (non-hydrogen) atoms. The molecule has 6 nitrogen and oxygen atoms in total. The van der Waals surface area contributed by atoms with Gasteiger partial charge < -0.3 is 0 Å². The molecule has 0 radical (unpaired) electrons. The Kier molecular flexibility index (Phi) is 5.16. The third-order valence-corrected chi connectivity index (χ3v) is 7.49. The van der Waals surface area contributed by atoms with E-state index >= 15 is 0 Å². The van der Waals surface area contributed by atoms with Crippen molar-refractivity contribution in [3.05, 3.63) is 64.4 Å².